The maximum Gasteiger partial charge on any atom is 0.227 e. The van der Waals surface area contributed by atoms with Gasteiger partial charge < -0.3 is 4.74 Å². The summed E-state index contributed by atoms with van der Waals surface area (Å²) in [6.07, 6.45) is 1.89. The zero-order valence-electron chi connectivity index (χ0n) is 9.20. The zero-order valence-corrected chi connectivity index (χ0v) is 9.20. The van der Waals surface area contributed by atoms with Gasteiger partial charge >= 0.3 is 0 Å². The van der Waals surface area contributed by atoms with Gasteiger partial charge in [0.2, 0.25) is 5.78 Å². The van der Waals surface area contributed by atoms with Crippen molar-refractivity contribution in [1.29, 1.82) is 0 Å². The fourth-order valence-electron chi connectivity index (χ4n) is 2.00. The molecular weight excluding hydrogens is 188 g/mol. The highest BCUT2D eigenvalue weighted by molar-refractivity contribution is 6.10. The Labute approximate surface area is 89.6 Å². The lowest BCUT2D eigenvalue weighted by Crippen LogP contribution is -2.26. The predicted molar refractivity (Wildman–Crippen MR) is 58.9 cm³/mol. The van der Waals surface area contributed by atoms with Gasteiger partial charge in [-0.1, -0.05) is 38.1 Å². The summed E-state index contributed by atoms with van der Waals surface area (Å²) in [7, 11) is 1.54. The SMILES string of the molecule is COC1=CC(C)(C)c2ccccc2C1=O. The van der Waals surface area contributed by atoms with Crippen LogP contribution in [-0.4, -0.2) is 12.9 Å². The Kier molecular flexibility index (Phi) is 2.14. The van der Waals surface area contributed by atoms with E-state index >= 15 is 0 Å². The minimum Gasteiger partial charge on any atom is -0.493 e. The molecule has 0 atom stereocenters. The number of allylic oxidation sites excluding steroid dienone is 2. The van der Waals surface area contributed by atoms with Gasteiger partial charge in [0.05, 0.1) is 7.11 Å². The van der Waals surface area contributed by atoms with Gasteiger partial charge in [0, 0.05) is 11.0 Å². The first-order valence-corrected chi connectivity index (χ1v) is 4.97. The van der Waals surface area contributed by atoms with Gasteiger partial charge in [-0.15, -0.1) is 0 Å². The maximum absolute atomic E-state index is 11.9. The van der Waals surface area contributed by atoms with E-state index in [9.17, 15) is 4.79 Å². The number of carbonyl (C=O) groups is 1. The van der Waals surface area contributed by atoms with Gasteiger partial charge in [-0.3, -0.25) is 4.79 Å². The molecule has 0 heterocycles. The normalized spacial score (nSPS) is 18.1. The molecular formula is C13H14O2. The summed E-state index contributed by atoms with van der Waals surface area (Å²) in [5, 5.41) is 0. The summed E-state index contributed by atoms with van der Waals surface area (Å²) in [5.41, 5.74) is 1.67. The van der Waals surface area contributed by atoms with Crippen molar-refractivity contribution < 1.29 is 9.53 Å². The Morgan fingerprint density at radius 1 is 1.20 bits per heavy atom. The molecule has 78 valence electrons. The molecule has 0 saturated carbocycles. The number of hydrogen-bond donors (Lipinski definition) is 0. The first-order chi connectivity index (χ1) is 7.06. The molecule has 1 aliphatic carbocycles. The fourth-order valence-corrected chi connectivity index (χ4v) is 2.00. The summed E-state index contributed by atoms with van der Waals surface area (Å²) in [4.78, 5) is 11.9. The molecule has 0 radical (unpaired) electrons. The molecule has 2 nitrogen and oxygen atoms in total. The second kappa shape index (κ2) is 3.23. The van der Waals surface area contributed by atoms with Crippen molar-refractivity contribution in [2.45, 2.75) is 19.3 Å². The number of hydrogen-bond acceptors (Lipinski definition) is 2. The minimum atomic E-state index is -0.143. The second-order valence-corrected chi connectivity index (χ2v) is 4.31. The second-order valence-electron chi connectivity index (χ2n) is 4.31. The molecule has 0 bridgehead atoms. The number of carbonyl (C=O) groups excluding carboxylic acids is 1. The Hall–Kier alpha value is -1.57. The van der Waals surface area contributed by atoms with E-state index in [1.807, 2.05) is 30.3 Å². The maximum atomic E-state index is 11.9. The van der Waals surface area contributed by atoms with Gasteiger partial charge in [-0.2, -0.15) is 0 Å². The first kappa shape index (κ1) is 9.97. The molecule has 0 aliphatic heterocycles. The number of fused-ring (bicyclic) bond motifs is 1. The van der Waals surface area contributed by atoms with Gasteiger partial charge in [0.15, 0.2) is 5.76 Å². The summed E-state index contributed by atoms with van der Waals surface area (Å²) in [5.74, 6) is 0.422. The van der Waals surface area contributed by atoms with E-state index in [0.29, 0.717) is 5.76 Å². The van der Waals surface area contributed by atoms with Crippen molar-refractivity contribution >= 4 is 5.78 Å². The van der Waals surface area contributed by atoms with E-state index in [4.69, 9.17) is 4.74 Å². The third kappa shape index (κ3) is 1.46. The summed E-state index contributed by atoms with van der Waals surface area (Å²) in [6.45, 7) is 4.16. The van der Waals surface area contributed by atoms with Crippen molar-refractivity contribution in [3.8, 4) is 0 Å². The molecule has 2 heteroatoms. The van der Waals surface area contributed by atoms with Crippen molar-refractivity contribution in [1.82, 2.24) is 0 Å². The van der Waals surface area contributed by atoms with Gasteiger partial charge in [-0.25, -0.2) is 0 Å². The Bertz CT molecular complexity index is 442. The molecule has 0 spiro atoms. The van der Waals surface area contributed by atoms with Gasteiger partial charge in [0.25, 0.3) is 0 Å². The van der Waals surface area contributed by atoms with Crippen LogP contribution in [0.25, 0.3) is 0 Å². The van der Waals surface area contributed by atoms with Crippen LogP contribution < -0.4 is 0 Å². The molecule has 1 aliphatic rings. The summed E-state index contributed by atoms with van der Waals surface area (Å²) in [6, 6.07) is 7.69. The van der Waals surface area contributed by atoms with E-state index in [-0.39, 0.29) is 11.2 Å². The lowest BCUT2D eigenvalue weighted by atomic mass is 9.76. The highest BCUT2D eigenvalue weighted by atomic mass is 16.5. The lowest BCUT2D eigenvalue weighted by Gasteiger charge is -2.28. The number of methoxy groups -OCH3 is 1. The Morgan fingerprint density at radius 3 is 2.53 bits per heavy atom. The van der Waals surface area contributed by atoms with Crippen LogP contribution in [-0.2, 0) is 10.2 Å². The zero-order chi connectivity index (χ0) is 11.1. The highest BCUT2D eigenvalue weighted by Crippen LogP contribution is 2.34. The van der Waals surface area contributed by atoms with E-state index in [1.165, 1.54) is 7.11 Å². The molecule has 0 unspecified atom stereocenters. The number of rotatable bonds is 1. The molecule has 1 aromatic rings. The lowest BCUT2D eigenvalue weighted by molar-refractivity contribution is 0.0942. The number of Topliss-reactive ketones (excluding diaryl/α,β-unsaturated/α-hetero) is 1. The predicted octanol–water partition coefficient (Wildman–Crippen LogP) is 2.69. The summed E-state index contributed by atoms with van der Waals surface area (Å²) >= 11 is 0. The quantitative estimate of drug-likeness (QED) is 0.699. The average molecular weight is 202 g/mol. The van der Waals surface area contributed by atoms with Crippen LogP contribution in [0.15, 0.2) is 36.1 Å². The highest BCUT2D eigenvalue weighted by Gasteiger charge is 2.32. The molecule has 0 saturated heterocycles. The molecule has 2 rings (SSSR count). The average Bonchev–Trinajstić information content (AvgIpc) is 2.24. The molecule has 0 amide bonds. The standard InChI is InChI=1S/C13H14O2/c1-13(2)8-11(15-3)12(14)9-6-4-5-7-10(9)13/h4-8H,1-3H3. The van der Waals surface area contributed by atoms with Crippen LogP contribution in [0.3, 0.4) is 0 Å². The smallest absolute Gasteiger partial charge is 0.227 e. The van der Waals surface area contributed by atoms with Crippen molar-refractivity contribution in [3.63, 3.8) is 0 Å². The van der Waals surface area contributed by atoms with Crippen LogP contribution >= 0.6 is 0 Å². The molecule has 1 aromatic carbocycles. The van der Waals surface area contributed by atoms with E-state index < -0.39 is 0 Å². The van der Waals surface area contributed by atoms with Gasteiger partial charge in [-0.05, 0) is 11.6 Å². The monoisotopic (exact) mass is 202 g/mol. The number of ether oxygens (including phenoxy) is 1. The van der Waals surface area contributed by atoms with Crippen LogP contribution in [0.2, 0.25) is 0 Å². The number of benzene rings is 1. The summed E-state index contributed by atoms with van der Waals surface area (Å²) < 4.78 is 5.11. The molecule has 0 aromatic heterocycles. The van der Waals surface area contributed by atoms with Crippen LogP contribution in [0.4, 0.5) is 0 Å². The van der Waals surface area contributed by atoms with Crippen molar-refractivity contribution in [2.24, 2.45) is 0 Å². The molecule has 0 fully saturated rings. The molecule has 15 heavy (non-hydrogen) atoms. The fraction of sp³-hybridized carbons (Fsp3) is 0.308. The Morgan fingerprint density at radius 2 is 1.87 bits per heavy atom. The third-order valence-electron chi connectivity index (χ3n) is 2.80. The van der Waals surface area contributed by atoms with Gasteiger partial charge in [0.1, 0.15) is 0 Å². The minimum absolute atomic E-state index is 0.0209. The largest absolute Gasteiger partial charge is 0.493 e. The van der Waals surface area contributed by atoms with Crippen LogP contribution in [0.5, 0.6) is 0 Å². The number of ketones is 1. The topological polar surface area (TPSA) is 26.3 Å². The van der Waals surface area contributed by atoms with E-state index in [0.717, 1.165) is 11.1 Å². The Balaban J connectivity index is 2.65. The van der Waals surface area contributed by atoms with E-state index in [1.54, 1.807) is 0 Å². The first-order valence-electron chi connectivity index (χ1n) is 4.97. The van der Waals surface area contributed by atoms with Crippen LogP contribution in [0, 0.1) is 0 Å². The van der Waals surface area contributed by atoms with Crippen LogP contribution in [0.1, 0.15) is 29.8 Å². The third-order valence-corrected chi connectivity index (χ3v) is 2.80. The van der Waals surface area contributed by atoms with Crippen molar-refractivity contribution in [2.75, 3.05) is 7.11 Å². The van der Waals surface area contributed by atoms with E-state index in [2.05, 4.69) is 13.8 Å². The molecule has 0 N–H and O–H groups in total. The van der Waals surface area contributed by atoms with Crippen molar-refractivity contribution in [3.05, 3.63) is 47.2 Å².